The van der Waals surface area contributed by atoms with E-state index in [1.54, 1.807) is 42.5 Å². The van der Waals surface area contributed by atoms with Gasteiger partial charge in [-0.3, -0.25) is 4.79 Å². The summed E-state index contributed by atoms with van der Waals surface area (Å²) in [4.78, 5) is 24.2. The van der Waals surface area contributed by atoms with Crippen LogP contribution in [0.4, 0.5) is 0 Å². The minimum Gasteiger partial charge on any atom is -0.426 e. The quantitative estimate of drug-likeness (QED) is 0.191. The van der Waals surface area contributed by atoms with Crippen LogP contribution >= 0.6 is 0 Å². The van der Waals surface area contributed by atoms with Crippen LogP contribution in [-0.2, 0) is 21.2 Å². The zero-order valence-electron chi connectivity index (χ0n) is 18.9. The Morgan fingerprint density at radius 1 is 1.03 bits per heavy atom. The second kappa shape index (κ2) is 11.2. The molecule has 7 nitrogen and oxygen atoms in total. The molecule has 0 saturated carbocycles. The topological polar surface area (TPSA) is 103 Å². The van der Waals surface area contributed by atoms with Gasteiger partial charge in [-0.15, -0.1) is 0 Å². The molecule has 176 valence electrons. The molecule has 0 aliphatic rings. The van der Waals surface area contributed by atoms with E-state index >= 15 is 0 Å². The van der Waals surface area contributed by atoms with Crippen LogP contribution in [0.25, 0.3) is 11.0 Å². The van der Waals surface area contributed by atoms with Gasteiger partial charge in [-0.25, -0.2) is 17.9 Å². The Kier molecular flexibility index (Phi) is 8.41. The predicted molar refractivity (Wildman–Crippen MR) is 127 cm³/mol. The van der Waals surface area contributed by atoms with Gasteiger partial charge < -0.3 is 9.15 Å². The summed E-state index contributed by atoms with van der Waals surface area (Å²) in [6.07, 6.45) is 3.75. The second-order valence-corrected chi connectivity index (χ2v) is 9.76. The number of hydrogen-bond acceptors (Lipinski definition) is 6. The average molecular weight is 472 g/mol. The molecular formula is C25H29NO6S. The molecule has 0 fully saturated rings. The van der Waals surface area contributed by atoms with Crippen LogP contribution < -0.4 is 15.1 Å². The van der Waals surface area contributed by atoms with Crippen LogP contribution in [0.15, 0.2) is 62.6 Å². The maximum Gasteiger partial charge on any atom is 0.336 e. The number of ether oxygens (including phenoxy) is 1. The number of unbranched alkanes of at least 4 members (excludes halogenated alkanes) is 2. The molecule has 33 heavy (non-hydrogen) atoms. The molecule has 8 heteroatoms. The first-order valence-corrected chi connectivity index (χ1v) is 12.6. The van der Waals surface area contributed by atoms with Crippen LogP contribution in [-0.4, -0.2) is 20.9 Å². The number of rotatable bonds is 11. The standard InChI is InChI=1S/C25H29NO6S/c1-3-7-19-16-25(28)32-23-17-20(11-14-22(19)23)31-24(27)8-5-4-6-15-26-33(29,30)21-12-9-18(2)10-13-21/h9-14,16-17,26H,3-8,15H2,1-2H3. The van der Waals surface area contributed by atoms with E-state index in [2.05, 4.69) is 4.72 Å². The first kappa shape index (κ1) is 24.7. The van der Waals surface area contributed by atoms with Gasteiger partial charge in [0, 0.05) is 30.5 Å². The Morgan fingerprint density at radius 2 is 1.79 bits per heavy atom. The molecule has 1 aromatic heterocycles. The Balaban J connectivity index is 1.43. The van der Waals surface area contributed by atoms with E-state index in [1.807, 2.05) is 13.8 Å². The van der Waals surface area contributed by atoms with Gasteiger partial charge in [0.2, 0.25) is 10.0 Å². The highest BCUT2D eigenvalue weighted by molar-refractivity contribution is 7.89. The van der Waals surface area contributed by atoms with Crippen LogP contribution in [0.1, 0.15) is 50.2 Å². The van der Waals surface area contributed by atoms with Crippen LogP contribution in [0.5, 0.6) is 5.75 Å². The monoisotopic (exact) mass is 471 g/mol. The van der Waals surface area contributed by atoms with Crippen molar-refractivity contribution in [2.75, 3.05) is 6.54 Å². The fraction of sp³-hybridized carbons (Fsp3) is 0.360. The van der Waals surface area contributed by atoms with Crippen molar-refractivity contribution in [3.05, 3.63) is 70.1 Å². The van der Waals surface area contributed by atoms with E-state index in [1.165, 1.54) is 6.07 Å². The summed E-state index contributed by atoms with van der Waals surface area (Å²) in [5.74, 6) is -0.0585. The molecule has 0 aliphatic heterocycles. The fourth-order valence-corrected chi connectivity index (χ4v) is 4.58. The first-order chi connectivity index (χ1) is 15.8. The summed E-state index contributed by atoms with van der Waals surface area (Å²) in [5.41, 5.74) is 1.89. The Hall–Kier alpha value is -2.97. The van der Waals surface area contributed by atoms with Crippen molar-refractivity contribution >= 4 is 27.0 Å². The fourth-order valence-electron chi connectivity index (χ4n) is 3.51. The van der Waals surface area contributed by atoms with Crippen molar-refractivity contribution in [3.8, 4) is 5.75 Å². The van der Waals surface area contributed by atoms with E-state index in [4.69, 9.17) is 9.15 Å². The third kappa shape index (κ3) is 7.00. The lowest BCUT2D eigenvalue weighted by Gasteiger charge is -2.08. The molecule has 0 aliphatic carbocycles. The smallest absolute Gasteiger partial charge is 0.336 e. The lowest BCUT2D eigenvalue weighted by atomic mass is 10.1. The van der Waals surface area contributed by atoms with E-state index in [0.717, 1.165) is 29.4 Å². The number of benzene rings is 2. The first-order valence-electron chi connectivity index (χ1n) is 11.1. The minimum atomic E-state index is -3.52. The SMILES string of the molecule is CCCc1cc(=O)oc2cc(OC(=O)CCCCCNS(=O)(=O)c3ccc(C)cc3)ccc12. The van der Waals surface area contributed by atoms with Crippen LogP contribution in [0.3, 0.4) is 0 Å². The molecule has 0 amide bonds. The summed E-state index contributed by atoms with van der Waals surface area (Å²) in [5, 5.41) is 0.837. The number of sulfonamides is 1. The van der Waals surface area contributed by atoms with Gasteiger partial charge >= 0.3 is 11.6 Å². The van der Waals surface area contributed by atoms with Crippen LogP contribution in [0.2, 0.25) is 0 Å². The van der Waals surface area contributed by atoms with Gasteiger partial charge in [0.1, 0.15) is 11.3 Å². The molecule has 3 aromatic rings. The van der Waals surface area contributed by atoms with Crippen molar-refractivity contribution in [2.24, 2.45) is 0 Å². The Labute approximate surface area is 193 Å². The number of carbonyl (C=O) groups is 1. The lowest BCUT2D eigenvalue weighted by molar-refractivity contribution is -0.134. The molecule has 0 saturated heterocycles. The highest BCUT2D eigenvalue weighted by Crippen LogP contribution is 2.24. The number of esters is 1. The van der Waals surface area contributed by atoms with Crippen LogP contribution in [0, 0.1) is 6.92 Å². The number of fused-ring (bicyclic) bond motifs is 1. The van der Waals surface area contributed by atoms with Gasteiger partial charge in [0.25, 0.3) is 0 Å². The Bertz CT molecular complexity index is 1260. The Morgan fingerprint density at radius 3 is 2.52 bits per heavy atom. The normalized spacial score (nSPS) is 11.6. The van der Waals surface area contributed by atoms with E-state index in [9.17, 15) is 18.0 Å². The molecule has 0 bridgehead atoms. The van der Waals surface area contributed by atoms with Crippen molar-refractivity contribution < 1.29 is 22.4 Å². The minimum absolute atomic E-state index is 0.211. The van der Waals surface area contributed by atoms with E-state index in [0.29, 0.717) is 37.1 Å². The number of aryl methyl sites for hydroxylation is 2. The summed E-state index contributed by atoms with van der Waals surface area (Å²) in [7, 11) is -3.52. The largest absolute Gasteiger partial charge is 0.426 e. The van der Waals surface area contributed by atoms with E-state index in [-0.39, 0.29) is 17.3 Å². The molecule has 0 unspecified atom stereocenters. The highest BCUT2D eigenvalue weighted by atomic mass is 32.2. The second-order valence-electron chi connectivity index (χ2n) is 7.99. The number of carbonyl (C=O) groups excluding carboxylic acids is 1. The molecule has 1 heterocycles. The molecular weight excluding hydrogens is 442 g/mol. The zero-order valence-corrected chi connectivity index (χ0v) is 19.7. The van der Waals surface area contributed by atoms with Crippen molar-refractivity contribution in [1.82, 2.24) is 4.72 Å². The zero-order chi connectivity index (χ0) is 23.8. The number of nitrogens with one attached hydrogen (secondary N) is 1. The third-order valence-electron chi connectivity index (χ3n) is 5.23. The van der Waals surface area contributed by atoms with Crippen molar-refractivity contribution in [2.45, 2.75) is 57.3 Å². The van der Waals surface area contributed by atoms with Gasteiger partial charge in [-0.2, -0.15) is 0 Å². The maximum atomic E-state index is 12.2. The maximum absolute atomic E-state index is 12.2. The molecule has 0 atom stereocenters. The summed E-state index contributed by atoms with van der Waals surface area (Å²) in [6.45, 7) is 4.24. The molecule has 3 rings (SSSR count). The summed E-state index contributed by atoms with van der Waals surface area (Å²) < 4.78 is 37.7. The van der Waals surface area contributed by atoms with E-state index < -0.39 is 15.6 Å². The van der Waals surface area contributed by atoms with Crippen molar-refractivity contribution in [1.29, 1.82) is 0 Å². The number of hydrogen-bond donors (Lipinski definition) is 1. The molecule has 0 spiro atoms. The third-order valence-corrected chi connectivity index (χ3v) is 6.71. The average Bonchev–Trinajstić information content (AvgIpc) is 2.76. The predicted octanol–water partition coefficient (Wildman–Crippen LogP) is 4.50. The highest BCUT2D eigenvalue weighted by Gasteiger charge is 2.13. The molecule has 0 radical (unpaired) electrons. The van der Waals surface area contributed by atoms with Gasteiger partial charge in [-0.05, 0) is 56.0 Å². The van der Waals surface area contributed by atoms with Gasteiger partial charge in [0.15, 0.2) is 0 Å². The van der Waals surface area contributed by atoms with Gasteiger partial charge in [0.05, 0.1) is 4.90 Å². The van der Waals surface area contributed by atoms with Gasteiger partial charge in [-0.1, -0.05) is 37.5 Å². The van der Waals surface area contributed by atoms with Crippen molar-refractivity contribution in [3.63, 3.8) is 0 Å². The lowest BCUT2D eigenvalue weighted by Crippen LogP contribution is -2.24. The molecule has 1 N–H and O–H groups in total. The summed E-state index contributed by atoms with van der Waals surface area (Å²) in [6, 6.07) is 13.2. The summed E-state index contributed by atoms with van der Waals surface area (Å²) >= 11 is 0. The molecule has 2 aromatic carbocycles.